The smallest absolute Gasteiger partial charge is 0.317 e. The molecule has 2 amide bonds. The van der Waals surface area contributed by atoms with Crippen molar-refractivity contribution in [2.75, 3.05) is 32.8 Å². The Morgan fingerprint density at radius 1 is 1.39 bits per heavy atom. The van der Waals surface area contributed by atoms with Gasteiger partial charge in [-0.3, -0.25) is 0 Å². The molecule has 6 heteroatoms. The third kappa shape index (κ3) is 4.48. The Bertz CT molecular complexity index is 483. The second-order valence-electron chi connectivity index (χ2n) is 6.38. The fourth-order valence-electron chi connectivity index (χ4n) is 3.39. The van der Waals surface area contributed by atoms with Gasteiger partial charge in [-0.2, -0.15) is 0 Å². The molecule has 2 heterocycles. The van der Waals surface area contributed by atoms with E-state index >= 15 is 0 Å². The van der Waals surface area contributed by atoms with Gasteiger partial charge in [0.1, 0.15) is 12.4 Å². The van der Waals surface area contributed by atoms with Crippen molar-refractivity contribution in [3.05, 3.63) is 24.2 Å². The molecule has 1 saturated heterocycles. The molecule has 1 aliphatic heterocycles. The largest absolute Gasteiger partial charge is 0.467 e. The van der Waals surface area contributed by atoms with Crippen LogP contribution < -0.4 is 5.32 Å². The average molecular weight is 322 g/mol. The molecule has 0 atom stereocenters. The Balaban J connectivity index is 1.30. The molecule has 0 bridgehead atoms. The summed E-state index contributed by atoms with van der Waals surface area (Å²) < 4.78 is 16.6. The number of rotatable bonds is 6. The first-order chi connectivity index (χ1) is 11.3. The quantitative estimate of drug-likeness (QED) is 0.818. The summed E-state index contributed by atoms with van der Waals surface area (Å²) in [5.41, 5.74) is -0.0677. The Hall–Kier alpha value is -1.53. The molecular weight excluding hydrogens is 296 g/mol. The average Bonchev–Trinajstić information content (AvgIpc) is 3.23. The van der Waals surface area contributed by atoms with E-state index in [-0.39, 0.29) is 11.6 Å². The van der Waals surface area contributed by atoms with Crippen molar-refractivity contribution in [1.82, 2.24) is 10.2 Å². The third-order valence-corrected chi connectivity index (χ3v) is 4.62. The monoisotopic (exact) mass is 322 g/mol. The number of furan rings is 1. The first-order valence-corrected chi connectivity index (χ1v) is 8.54. The van der Waals surface area contributed by atoms with Gasteiger partial charge in [-0.05, 0) is 31.4 Å². The van der Waals surface area contributed by atoms with E-state index in [4.69, 9.17) is 13.9 Å². The highest BCUT2D eigenvalue weighted by Gasteiger charge is 2.40. The molecule has 1 spiro atoms. The molecule has 0 unspecified atom stereocenters. The van der Waals surface area contributed by atoms with Gasteiger partial charge in [0.25, 0.3) is 0 Å². The molecule has 1 aromatic rings. The summed E-state index contributed by atoms with van der Waals surface area (Å²) in [6.45, 7) is 3.78. The topological polar surface area (TPSA) is 63.9 Å². The van der Waals surface area contributed by atoms with Gasteiger partial charge in [0.05, 0.1) is 25.0 Å². The number of carbonyl (C=O) groups excluding carboxylic acids is 1. The van der Waals surface area contributed by atoms with E-state index in [1.54, 1.807) is 6.26 Å². The number of nitrogens with one attached hydrogen (secondary N) is 1. The number of hydrogen-bond donors (Lipinski definition) is 1. The van der Waals surface area contributed by atoms with Crippen LogP contribution in [0.2, 0.25) is 0 Å². The summed E-state index contributed by atoms with van der Waals surface area (Å²) in [5, 5.41) is 2.98. The van der Waals surface area contributed by atoms with Crippen LogP contribution in [0.5, 0.6) is 0 Å². The SMILES string of the molecule is O=C(NCCCOCc1ccco1)N1CCOC2(CCCC2)C1. The fraction of sp³-hybridized carbons (Fsp3) is 0.706. The summed E-state index contributed by atoms with van der Waals surface area (Å²) in [6, 6.07) is 3.75. The number of amides is 2. The molecule has 0 radical (unpaired) electrons. The zero-order chi connectivity index (χ0) is 16.0. The lowest BCUT2D eigenvalue weighted by molar-refractivity contribution is -0.0925. The Morgan fingerprint density at radius 2 is 2.26 bits per heavy atom. The maximum atomic E-state index is 12.3. The van der Waals surface area contributed by atoms with E-state index in [1.807, 2.05) is 17.0 Å². The number of nitrogens with zero attached hydrogens (tertiary/aromatic N) is 1. The highest BCUT2D eigenvalue weighted by atomic mass is 16.5. The summed E-state index contributed by atoms with van der Waals surface area (Å²) in [7, 11) is 0. The molecule has 0 aromatic carbocycles. The molecular formula is C17H26N2O4. The summed E-state index contributed by atoms with van der Waals surface area (Å²) in [5.74, 6) is 0.823. The van der Waals surface area contributed by atoms with Gasteiger partial charge in [0.15, 0.2) is 0 Å². The van der Waals surface area contributed by atoms with Gasteiger partial charge in [0, 0.05) is 19.7 Å². The minimum atomic E-state index is -0.0677. The molecule has 1 aromatic heterocycles. The van der Waals surface area contributed by atoms with Gasteiger partial charge < -0.3 is 24.1 Å². The highest BCUT2D eigenvalue weighted by molar-refractivity contribution is 5.74. The van der Waals surface area contributed by atoms with E-state index in [1.165, 1.54) is 12.8 Å². The molecule has 1 aliphatic carbocycles. The van der Waals surface area contributed by atoms with Crippen LogP contribution in [0.4, 0.5) is 4.79 Å². The lowest BCUT2D eigenvalue weighted by atomic mass is 10.00. The Kier molecular flexibility index (Phi) is 5.56. The van der Waals surface area contributed by atoms with Crippen molar-refractivity contribution < 1.29 is 18.7 Å². The van der Waals surface area contributed by atoms with Crippen LogP contribution in [-0.2, 0) is 16.1 Å². The van der Waals surface area contributed by atoms with Crippen molar-refractivity contribution in [3.8, 4) is 0 Å². The van der Waals surface area contributed by atoms with Gasteiger partial charge in [-0.1, -0.05) is 12.8 Å². The molecule has 2 aliphatic rings. The zero-order valence-electron chi connectivity index (χ0n) is 13.6. The van der Waals surface area contributed by atoms with Crippen LogP contribution in [0.1, 0.15) is 37.9 Å². The molecule has 128 valence electrons. The first kappa shape index (κ1) is 16.3. The Labute approximate surface area is 137 Å². The van der Waals surface area contributed by atoms with E-state index < -0.39 is 0 Å². The third-order valence-electron chi connectivity index (χ3n) is 4.62. The van der Waals surface area contributed by atoms with Gasteiger partial charge in [-0.25, -0.2) is 4.79 Å². The first-order valence-electron chi connectivity index (χ1n) is 8.54. The number of hydrogen-bond acceptors (Lipinski definition) is 4. The molecule has 1 saturated carbocycles. The number of urea groups is 1. The standard InChI is InChI=1S/C17H26N2O4/c20-16(18-8-4-10-21-13-15-5-3-11-22-15)19-9-12-23-17(14-19)6-1-2-7-17/h3,5,11H,1-2,4,6-10,12-14H2,(H,18,20). The van der Waals surface area contributed by atoms with Crippen LogP contribution >= 0.6 is 0 Å². The van der Waals surface area contributed by atoms with E-state index in [9.17, 15) is 4.79 Å². The number of morpholine rings is 1. The predicted octanol–water partition coefficient (Wildman–Crippen LogP) is 2.54. The van der Waals surface area contributed by atoms with Crippen molar-refractivity contribution in [3.63, 3.8) is 0 Å². The van der Waals surface area contributed by atoms with Crippen LogP contribution in [0.25, 0.3) is 0 Å². The van der Waals surface area contributed by atoms with Crippen molar-refractivity contribution in [2.45, 2.75) is 44.3 Å². The molecule has 6 nitrogen and oxygen atoms in total. The van der Waals surface area contributed by atoms with Gasteiger partial charge in [0.2, 0.25) is 0 Å². The van der Waals surface area contributed by atoms with Crippen LogP contribution in [-0.4, -0.2) is 49.4 Å². The summed E-state index contributed by atoms with van der Waals surface area (Å²) >= 11 is 0. The normalized spacial score (nSPS) is 20.1. The van der Waals surface area contributed by atoms with Crippen LogP contribution in [0, 0.1) is 0 Å². The molecule has 1 N–H and O–H groups in total. The lowest BCUT2D eigenvalue weighted by Gasteiger charge is -2.40. The second-order valence-corrected chi connectivity index (χ2v) is 6.38. The minimum absolute atomic E-state index is 0.0191. The predicted molar refractivity (Wildman–Crippen MR) is 85.1 cm³/mol. The number of ether oxygens (including phenoxy) is 2. The molecule has 23 heavy (non-hydrogen) atoms. The highest BCUT2D eigenvalue weighted by Crippen LogP contribution is 2.35. The maximum absolute atomic E-state index is 12.3. The molecule has 3 rings (SSSR count). The van der Waals surface area contributed by atoms with E-state index in [0.717, 1.165) is 31.6 Å². The van der Waals surface area contributed by atoms with Crippen molar-refractivity contribution in [2.24, 2.45) is 0 Å². The summed E-state index contributed by atoms with van der Waals surface area (Å²) in [6.07, 6.45) is 7.01. The second kappa shape index (κ2) is 7.84. The van der Waals surface area contributed by atoms with Gasteiger partial charge >= 0.3 is 6.03 Å². The van der Waals surface area contributed by atoms with Crippen molar-refractivity contribution in [1.29, 1.82) is 0 Å². The minimum Gasteiger partial charge on any atom is -0.467 e. The zero-order valence-corrected chi connectivity index (χ0v) is 13.6. The fourth-order valence-corrected chi connectivity index (χ4v) is 3.39. The van der Waals surface area contributed by atoms with E-state index in [0.29, 0.717) is 32.9 Å². The Morgan fingerprint density at radius 3 is 3.04 bits per heavy atom. The lowest BCUT2D eigenvalue weighted by Crippen LogP contribution is -2.55. The van der Waals surface area contributed by atoms with Gasteiger partial charge in [-0.15, -0.1) is 0 Å². The van der Waals surface area contributed by atoms with Crippen molar-refractivity contribution >= 4 is 6.03 Å². The summed E-state index contributed by atoms with van der Waals surface area (Å²) in [4.78, 5) is 14.2. The maximum Gasteiger partial charge on any atom is 0.317 e. The van der Waals surface area contributed by atoms with E-state index in [2.05, 4.69) is 5.32 Å². The number of carbonyl (C=O) groups is 1. The van der Waals surface area contributed by atoms with Crippen LogP contribution in [0.15, 0.2) is 22.8 Å². The molecule has 2 fully saturated rings. The van der Waals surface area contributed by atoms with Crippen LogP contribution in [0.3, 0.4) is 0 Å².